The zero-order valence-corrected chi connectivity index (χ0v) is 12.6. The summed E-state index contributed by atoms with van der Waals surface area (Å²) in [7, 11) is -3.56. The molecule has 2 rings (SSSR count). The maximum absolute atomic E-state index is 12.3. The van der Waals surface area contributed by atoms with E-state index < -0.39 is 10.0 Å². The Labute approximate surface area is 119 Å². The lowest BCUT2D eigenvalue weighted by atomic mass is 10.1. The Morgan fingerprint density at radius 1 is 1.47 bits per heavy atom. The second kappa shape index (κ2) is 4.85. The van der Waals surface area contributed by atoms with E-state index in [0.717, 1.165) is 6.42 Å². The first kappa shape index (κ1) is 14.4. The van der Waals surface area contributed by atoms with E-state index in [4.69, 9.17) is 18.0 Å². The molecule has 4 nitrogen and oxygen atoms in total. The van der Waals surface area contributed by atoms with Crippen molar-refractivity contribution in [2.75, 3.05) is 6.54 Å². The van der Waals surface area contributed by atoms with Gasteiger partial charge in [0.25, 0.3) is 0 Å². The predicted molar refractivity (Wildman–Crippen MR) is 79.4 cm³/mol. The largest absolute Gasteiger partial charge is 0.389 e. The molecule has 0 bridgehead atoms. The molecule has 19 heavy (non-hydrogen) atoms. The van der Waals surface area contributed by atoms with Crippen molar-refractivity contribution in [2.24, 2.45) is 17.1 Å². The van der Waals surface area contributed by atoms with Crippen LogP contribution in [0.5, 0.6) is 0 Å². The van der Waals surface area contributed by atoms with Crippen LogP contribution in [0.4, 0.5) is 0 Å². The van der Waals surface area contributed by atoms with Gasteiger partial charge in [-0.25, -0.2) is 13.1 Å². The fraction of sp³-hybridized carbons (Fsp3) is 0.462. The highest BCUT2D eigenvalue weighted by Gasteiger charge is 2.45. The van der Waals surface area contributed by atoms with Crippen LogP contribution in [0.15, 0.2) is 29.2 Å². The Hall–Kier alpha value is -0.980. The third-order valence-electron chi connectivity index (χ3n) is 3.68. The fourth-order valence-corrected chi connectivity index (χ4v) is 3.66. The smallest absolute Gasteiger partial charge is 0.241 e. The molecule has 0 heterocycles. The van der Waals surface area contributed by atoms with Crippen LogP contribution >= 0.6 is 12.2 Å². The van der Waals surface area contributed by atoms with Gasteiger partial charge in [-0.3, -0.25) is 0 Å². The number of hydrogen-bond donors (Lipinski definition) is 2. The molecule has 1 saturated carbocycles. The summed E-state index contributed by atoms with van der Waals surface area (Å²) in [6, 6.07) is 6.53. The summed E-state index contributed by atoms with van der Waals surface area (Å²) in [4.78, 5) is 0.244. The second-order valence-electron chi connectivity index (χ2n) is 5.60. The molecule has 3 N–H and O–H groups in total. The summed E-state index contributed by atoms with van der Waals surface area (Å²) in [5.74, 6) is 0.402. The molecule has 6 heteroatoms. The molecule has 1 aromatic rings. The van der Waals surface area contributed by atoms with E-state index in [1.807, 2.05) is 0 Å². The molecule has 1 atom stereocenters. The second-order valence-corrected chi connectivity index (χ2v) is 7.78. The molecular formula is C13H18N2O2S2. The quantitative estimate of drug-likeness (QED) is 0.811. The van der Waals surface area contributed by atoms with Gasteiger partial charge in [-0.05, 0) is 23.8 Å². The molecule has 0 radical (unpaired) electrons. The van der Waals surface area contributed by atoms with Gasteiger partial charge in [0.2, 0.25) is 10.0 Å². The van der Waals surface area contributed by atoms with E-state index in [2.05, 4.69) is 18.6 Å². The van der Waals surface area contributed by atoms with Crippen LogP contribution in [0, 0.1) is 11.3 Å². The number of thiocarbonyl (C=S) groups is 1. The summed E-state index contributed by atoms with van der Waals surface area (Å²) < 4.78 is 27.2. The highest BCUT2D eigenvalue weighted by atomic mass is 32.2. The minimum Gasteiger partial charge on any atom is -0.389 e. The SMILES string of the molecule is CC1(C)CC1CNS(=O)(=O)c1ccccc1C(N)=S. The average Bonchev–Trinajstić information content (AvgIpc) is 2.95. The zero-order valence-electron chi connectivity index (χ0n) is 11.0. The van der Waals surface area contributed by atoms with Gasteiger partial charge in [0.05, 0.1) is 4.90 Å². The Morgan fingerprint density at radius 3 is 2.58 bits per heavy atom. The van der Waals surface area contributed by atoms with E-state index >= 15 is 0 Å². The highest BCUT2D eigenvalue weighted by Crippen LogP contribution is 2.51. The minimum atomic E-state index is -3.56. The van der Waals surface area contributed by atoms with E-state index in [1.54, 1.807) is 18.2 Å². The van der Waals surface area contributed by atoms with Crippen molar-refractivity contribution in [3.8, 4) is 0 Å². The highest BCUT2D eigenvalue weighted by molar-refractivity contribution is 7.89. The molecule has 1 fully saturated rings. The van der Waals surface area contributed by atoms with Crippen molar-refractivity contribution in [3.63, 3.8) is 0 Å². The molecular weight excluding hydrogens is 280 g/mol. The standard InChI is InChI=1S/C13H18N2O2S2/c1-13(2)7-9(13)8-15-19(16,17)11-6-4-3-5-10(11)12(14)18/h3-6,9,15H,7-8H2,1-2H3,(H2,14,18). The van der Waals surface area contributed by atoms with Gasteiger partial charge in [0.1, 0.15) is 4.99 Å². The molecule has 1 unspecified atom stereocenters. The maximum Gasteiger partial charge on any atom is 0.241 e. The number of nitrogens with two attached hydrogens (primary N) is 1. The van der Waals surface area contributed by atoms with Crippen LogP contribution in [0.25, 0.3) is 0 Å². The predicted octanol–water partition coefficient (Wildman–Crippen LogP) is 1.65. The first-order chi connectivity index (χ1) is 8.74. The Balaban J connectivity index is 2.18. The Morgan fingerprint density at radius 2 is 2.05 bits per heavy atom. The third kappa shape index (κ3) is 3.13. The molecule has 0 aromatic heterocycles. The number of sulfonamides is 1. The molecule has 0 aliphatic heterocycles. The van der Waals surface area contributed by atoms with Crippen molar-refractivity contribution < 1.29 is 8.42 Å². The fourth-order valence-electron chi connectivity index (χ4n) is 2.12. The zero-order chi connectivity index (χ0) is 14.3. The van der Waals surface area contributed by atoms with E-state index in [9.17, 15) is 8.42 Å². The van der Waals surface area contributed by atoms with Gasteiger partial charge in [-0.2, -0.15) is 0 Å². The van der Waals surface area contributed by atoms with E-state index in [0.29, 0.717) is 18.0 Å². The van der Waals surface area contributed by atoms with E-state index in [1.165, 1.54) is 6.07 Å². The topological polar surface area (TPSA) is 72.2 Å². The van der Waals surface area contributed by atoms with Crippen LogP contribution in [-0.4, -0.2) is 20.0 Å². The monoisotopic (exact) mass is 298 g/mol. The summed E-state index contributed by atoms with van der Waals surface area (Å²) in [5, 5.41) is 0. The first-order valence-corrected chi connectivity index (χ1v) is 8.02. The van der Waals surface area contributed by atoms with Gasteiger partial charge in [0.15, 0.2) is 0 Å². The average molecular weight is 298 g/mol. The van der Waals surface area contributed by atoms with Crippen molar-refractivity contribution in [1.82, 2.24) is 4.72 Å². The number of nitrogens with one attached hydrogen (secondary N) is 1. The lowest BCUT2D eigenvalue weighted by Gasteiger charge is -2.11. The van der Waals surface area contributed by atoms with Crippen molar-refractivity contribution in [1.29, 1.82) is 0 Å². The molecule has 0 amide bonds. The minimum absolute atomic E-state index is 0.0905. The van der Waals surface area contributed by atoms with Crippen LogP contribution in [0.2, 0.25) is 0 Å². The van der Waals surface area contributed by atoms with Crippen LogP contribution in [0.3, 0.4) is 0 Å². The maximum atomic E-state index is 12.3. The van der Waals surface area contributed by atoms with Crippen LogP contribution in [-0.2, 0) is 10.0 Å². The van der Waals surface area contributed by atoms with Crippen molar-refractivity contribution in [3.05, 3.63) is 29.8 Å². The summed E-state index contributed by atoms with van der Waals surface area (Å²) in [5.41, 5.74) is 6.19. The lowest BCUT2D eigenvalue weighted by Crippen LogP contribution is -2.29. The summed E-state index contributed by atoms with van der Waals surface area (Å²) in [6.45, 7) is 4.73. The van der Waals surface area contributed by atoms with Crippen LogP contribution in [0.1, 0.15) is 25.8 Å². The van der Waals surface area contributed by atoms with Gasteiger partial charge < -0.3 is 5.73 Å². The summed E-state index contributed by atoms with van der Waals surface area (Å²) in [6.07, 6.45) is 1.05. The first-order valence-electron chi connectivity index (χ1n) is 6.12. The molecule has 1 aliphatic rings. The molecule has 0 spiro atoms. The Kier molecular flexibility index (Phi) is 3.68. The van der Waals surface area contributed by atoms with Gasteiger partial charge >= 0.3 is 0 Å². The normalized spacial score (nSPS) is 21.1. The number of hydrogen-bond acceptors (Lipinski definition) is 3. The van der Waals surface area contributed by atoms with Crippen LogP contribution < -0.4 is 10.5 Å². The molecule has 0 saturated heterocycles. The number of rotatable bonds is 5. The van der Waals surface area contributed by atoms with E-state index in [-0.39, 0.29) is 15.3 Å². The summed E-state index contributed by atoms with van der Waals surface area (Å²) >= 11 is 4.89. The third-order valence-corrected chi connectivity index (χ3v) is 5.38. The molecule has 1 aliphatic carbocycles. The number of benzene rings is 1. The van der Waals surface area contributed by atoms with Gasteiger partial charge in [0, 0.05) is 12.1 Å². The van der Waals surface area contributed by atoms with Gasteiger partial charge in [-0.15, -0.1) is 0 Å². The van der Waals surface area contributed by atoms with Crippen molar-refractivity contribution >= 4 is 27.2 Å². The van der Waals surface area contributed by atoms with Gasteiger partial charge in [-0.1, -0.05) is 44.3 Å². The Bertz CT molecular complexity index is 609. The van der Waals surface area contributed by atoms with Crippen molar-refractivity contribution in [2.45, 2.75) is 25.2 Å². The molecule has 1 aromatic carbocycles. The molecule has 104 valence electrons. The lowest BCUT2D eigenvalue weighted by molar-refractivity contribution is 0.537.